The smallest absolute Gasteiger partial charge is 0.239 e. The first kappa shape index (κ1) is 14.5. The van der Waals surface area contributed by atoms with Crippen LogP contribution in [0, 0.1) is 5.41 Å². The van der Waals surface area contributed by atoms with Crippen molar-refractivity contribution in [2.24, 2.45) is 11.1 Å². The van der Waals surface area contributed by atoms with Crippen molar-refractivity contribution in [3.8, 4) is 0 Å². The summed E-state index contributed by atoms with van der Waals surface area (Å²) < 4.78 is 0. The van der Waals surface area contributed by atoms with Gasteiger partial charge in [0.1, 0.15) is 0 Å². The molecule has 0 radical (unpaired) electrons. The van der Waals surface area contributed by atoms with Gasteiger partial charge in [-0.3, -0.25) is 4.79 Å². The molecule has 4 N–H and O–H groups in total. The van der Waals surface area contributed by atoms with Gasteiger partial charge in [-0.1, -0.05) is 20.3 Å². The van der Waals surface area contributed by atoms with Crippen LogP contribution in [0.15, 0.2) is 0 Å². The van der Waals surface area contributed by atoms with Crippen LogP contribution in [0.25, 0.3) is 0 Å². The SMILES string of the molecule is CCCC(C)(N)C(=O)NCC1(C)CCNCC1. The number of amides is 1. The highest BCUT2D eigenvalue weighted by Crippen LogP contribution is 2.26. The summed E-state index contributed by atoms with van der Waals surface area (Å²) in [7, 11) is 0. The zero-order valence-electron chi connectivity index (χ0n) is 11.4. The normalized spacial score (nSPS) is 22.8. The van der Waals surface area contributed by atoms with Crippen LogP contribution in [0.1, 0.15) is 46.5 Å². The Bertz CT molecular complexity index is 257. The number of carbonyl (C=O) groups excluding carboxylic acids is 1. The average molecular weight is 241 g/mol. The van der Waals surface area contributed by atoms with Crippen molar-refractivity contribution >= 4 is 5.91 Å². The number of nitrogens with one attached hydrogen (secondary N) is 2. The van der Waals surface area contributed by atoms with Gasteiger partial charge in [-0.05, 0) is 44.7 Å². The molecule has 17 heavy (non-hydrogen) atoms. The molecule has 0 aromatic rings. The molecule has 1 rings (SSSR count). The molecule has 1 unspecified atom stereocenters. The van der Waals surface area contributed by atoms with E-state index in [2.05, 4.69) is 17.6 Å². The summed E-state index contributed by atoms with van der Waals surface area (Å²) >= 11 is 0. The Kier molecular flexibility index (Phi) is 4.95. The molecular weight excluding hydrogens is 214 g/mol. The lowest BCUT2D eigenvalue weighted by atomic mass is 9.81. The minimum absolute atomic E-state index is 0.0147. The van der Waals surface area contributed by atoms with Crippen molar-refractivity contribution in [2.45, 2.75) is 52.0 Å². The fourth-order valence-corrected chi connectivity index (χ4v) is 2.34. The van der Waals surface area contributed by atoms with Crippen molar-refractivity contribution < 1.29 is 4.79 Å². The van der Waals surface area contributed by atoms with Crippen LogP contribution < -0.4 is 16.4 Å². The molecule has 4 heteroatoms. The maximum Gasteiger partial charge on any atom is 0.239 e. The van der Waals surface area contributed by atoms with Gasteiger partial charge in [0.25, 0.3) is 0 Å². The van der Waals surface area contributed by atoms with Crippen LogP contribution in [0.5, 0.6) is 0 Å². The molecule has 1 atom stereocenters. The molecule has 1 saturated heterocycles. The van der Waals surface area contributed by atoms with Crippen LogP contribution in [0.2, 0.25) is 0 Å². The van der Waals surface area contributed by atoms with Gasteiger partial charge in [-0.2, -0.15) is 0 Å². The molecule has 0 aromatic heterocycles. The largest absolute Gasteiger partial charge is 0.354 e. The highest BCUT2D eigenvalue weighted by atomic mass is 16.2. The lowest BCUT2D eigenvalue weighted by Gasteiger charge is -2.35. The number of rotatable bonds is 5. The third-order valence-electron chi connectivity index (χ3n) is 3.77. The summed E-state index contributed by atoms with van der Waals surface area (Å²) in [5.74, 6) is -0.0147. The second kappa shape index (κ2) is 5.83. The summed E-state index contributed by atoms with van der Waals surface area (Å²) in [5, 5.41) is 6.37. The highest BCUT2D eigenvalue weighted by Gasteiger charge is 2.31. The maximum absolute atomic E-state index is 12.0. The van der Waals surface area contributed by atoms with E-state index in [9.17, 15) is 4.79 Å². The van der Waals surface area contributed by atoms with Crippen molar-refractivity contribution in [1.29, 1.82) is 0 Å². The third-order valence-corrected chi connectivity index (χ3v) is 3.77. The number of nitrogens with two attached hydrogens (primary N) is 1. The molecule has 1 aliphatic rings. The second-order valence-electron chi connectivity index (χ2n) is 5.91. The van der Waals surface area contributed by atoms with Crippen molar-refractivity contribution in [2.75, 3.05) is 19.6 Å². The summed E-state index contributed by atoms with van der Waals surface area (Å²) in [4.78, 5) is 12.0. The molecule has 0 spiro atoms. The van der Waals surface area contributed by atoms with Crippen LogP contribution in [0.3, 0.4) is 0 Å². The molecule has 1 amide bonds. The van der Waals surface area contributed by atoms with Crippen molar-refractivity contribution in [3.63, 3.8) is 0 Å². The summed E-state index contributed by atoms with van der Waals surface area (Å²) in [6.07, 6.45) is 3.89. The molecule has 0 saturated carbocycles. The topological polar surface area (TPSA) is 67.2 Å². The van der Waals surface area contributed by atoms with Crippen LogP contribution in [0.4, 0.5) is 0 Å². The van der Waals surface area contributed by atoms with E-state index in [0.717, 1.165) is 45.3 Å². The Hall–Kier alpha value is -0.610. The van der Waals surface area contributed by atoms with Gasteiger partial charge in [0.15, 0.2) is 0 Å². The molecular formula is C13H27N3O. The molecule has 0 aliphatic carbocycles. The zero-order chi connectivity index (χ0) is 12.9. The van der Waals surface area contributed by atoms with Crippen molar-refractivity contribution in [1.82, 2.24) is 10.6 Å². The fraction of sp³-hybridized carbons (Fsp3) is 0.923. The molecule has 0 aromatic carbocycles. The fourth-order valence-electron chi connectivity index (χ4n) is 2.34. The number of hydrogen-bond donors (Lipinski definition) is 3. The quantitative estimate of drug-likeness (QED) is 0.673. The van der Waals surface area contributed by atoms with Gasteiger partial charge in [-0.25, -0.2) is 0 Å². The predicted octanol–water partition coefficient (Wildman–Crippen LogP) is 1.01. The summed E-state index contributed by atoms with van der Waals surface area (Å²) in [6.45, 7) is 8.93. The molecule has 4 nitrogen and oxygen atoms in total. The average Bonchev–Trinajstić information content (AvgIpc) is 2.27. The maximum atomic E-state index is 12.0. The van der Waals surface area contributed by atoms with Crippen molar-refractivity contribution in [3.05, 3.63) is 0 Å². The third kappa shape index (κ3) is 4.28. The standard InChI is InChI=1S/C13H27N3O/c1-4-5-13(3,14)11(17)16-10-12(2)6-8-15-9-7-12/h15H,4-10,14H2,1-3H3,(H,16,17). The van der Waals surface area contributed by atoms with E-state index in [4.69, 9.17) is 5.73 Å². The minimum Gasteiger partial charge on any atom is -0.354 e. The zero-order valence-corrected chi connectivity index (χ0v) is 11.4. The molecule has 1 aliphatic heterocycles. The molecule has 1 heterocycles. The lowest BCUT2D eigenvalue weighted by Crippen LogP contribution is -2.54. The number of carbonyl (C=O) groups is 1. The number of piperidine rings is 1. The van der Waals surface area contributed by atoms with Gasteiger partial charge in [0, 0.05) is 6.54 Å². The van der Waals surface area contributed by atoms with E-state index in [1.807, 2.05) is 13.8 Å². The summed E-state index contributed by atoms with van der Waals surface area (Å²) in [5.41, 5.74) is 5.51. The van der Waals surface area contributed by atoms with E-state index in [0.29, 0.717) is 0 Å². The van der Waals surface area contributed by atoms with Gasteiger partial charge < -0.3 is 16.4 Å². The van der Waals surface area contributed by atoms with Crippen LogP contribution in [-0.4, -0.2) is 31.1 Å². The van der Waals surface area contributed by atoms with E-state index in [1.54, 1.807) is 0 Å². The monoisotopic (exact) mass is 241 g/mol. The molecule has 100 valence electrons. The minimum atomic E-state index is -0.724. The van der Waals surface area contributed by atoms with Crippen LogP contribution >= 0.6 is 0 Å². The number of hydrogen-bond acceptors (Lipinski definition) is 3. The first-order valence-electron chi connectivity index (χ1n) is 6.67. The lowest BCUT2D eigenvalue weighted by molar-refractivity contribution is -0.126. The predicted molar refractivity (Wildman–Crippen MR) is 70.7 cm³/mol. The molecule has 0 bridgehead atoms. The van der Waals surface area contributed by atoms with E-state index < -0.39 is 5.54 Å². The van der Waals surface area contributed by atoms with Gasteiger partial charge >= 0.3 is 0 Å². The van der Waals surface area contributed by atoms with E-state index in [1.165, 1.54) is 0 Å². The Labute approximate surface area is 105 Å². The second-order valence-corrected chi connectivity index (χ2v) is 5.91. The Balaban J connectivity index is 2.41. The van der Waals surface area contributed by atoms with Crippen LogP contribution in [-0.2, 0) is 4.79 Å². The Morgan fingerprint density at radius 2 is 2.06 bits per heavy atom. The van der Waals surface area contributed by atoms with Gasteiger partial charge in [0.2, 0.25) is 5.91 Å². The van der Waals surface area contributed by atoms with E-state index in [-0.39, 0.29) is 11.3 Å². The highest BCUT2D eigenvalue weighted by molar-refractivity contribution is 5.85. The summed E-state index contributed by atoms with van der Waals surface area (Å²) in [6, 6.07) is 0. The van der Waals surface area contributed by atoms with E-state index >= 15 is 0 Å². The first-order valence-corrected chi connectivity index (χ1v) is 6.67. The molecule has 1 fully saturated rings. The van der Waals surface area contributed by atoms with Gasteiger partial charge in [-0.15, -0.1) is 0 Å². The van der Waals surface area contributed by atoms with Gasteiger partial charge in [0.05, 0.1) is 5.54 Å². The Morgan fingerprint density at radius 1 is 1.47 bits per heavy atom. The first-order chi connectivity index (χ1) is 7.90. The Morgan fingerprint density at radius 3 is 2.59 bits per heavy atom.